The summed E-state index contributed by atoms with van der Waals surface area (Å²) in [6.45, 7) is 6.43. The quantitative estimate of drug-likeness (QED) is 0.622. The molecule has 0 saturated carbocycles. The van der Waals surface area contributed by atoms with Crippen molar-refractivity contribution in [3.8, 4) is 0 Å². The summed E-state index contributed by atoms with van der Waals surface area (Å²) in [5.41, 5.74) is 7.07. The second-order valence-electron chi connectivity index (χ2n) is 4.23. The zero-order valence-electron chi connectivity index (χ0n) is 10.2. The number of rotatable bonds is 1. The molecule has 0 fully saturated rings. The van der Waals surface area contributed by atoms with E-state index in [0.29, 0.717) is 0 Å². The molecule has 0 N–H and O–H groups in total. The van der Waals surface area contributed by atoms with Gasteiger partial charge in [0.25, 0.3) is 0 Å². The summed E-state index contributed by atoms with van der Waals surface area (Å²) in [6, 6.07) is 8.68. The Morgan fingerprint density at radius 2 is 1.75 bits per heavy atom. The molecule has 0 radical (unpaired) electrons. The first-order valence-electron chi connectivity index (χ1n) is 5.85. The van der Waals surface area contributed by atoms with Crippen molar-refractivity contribution in [2.24, 2.45) is 0 Å². The predicted molar refractivity (Wildman–Crippen MR) is 72.1 cm³/mol. The SMILES string of the molecule is CC=CC1=C(C)CC(=CC)c2ccccc21. The van der Waals surface area contributed by atoms with Crippen LogP contribution in [0.15, 0.2) is 48.1 Å². The maximum Gasteiger partial charge on any atom is -0.00578 e. The lowest BCUT2D eigenvalue weighted by Gasteiger charge is -2.22. The fourth-order valence-electron chi connectivity index (χ4n) is 2.36. The van der Waals surface area contributed by atoms with Gasteiger partial charge in [-0.25, -0.2) is 0 Å². The minimum Gasteiger partial charge on any atom is -0.0870 e. The Labute approximate surface area is 98.0 Å². The van der Waals surface area contributed by atoms with Crippen LogP contribution in [0.25, 0.3) is 11.1 Å². The van der Waals surface area contributed by atoms with E-state index in [1.807, 2.05) is 0 Å². The lowest BCUT2D eigenvalue weighted by Crippen LogP contribution is -2.01. The van der Waals surface area contributed by atoms with Crippen LogP contribution in [0.1, 0.15) is 38.3 Å². The van der Waals surface area contributed by atoms with E-state index >= 15 is 0 Å². The molecule has 82 valence electrons. The highest BCUT2D eigenvalue weighted by Crippen LogP contribution is 2.38. The molecule has 0 aliphatic heterocycles. The van der Waals surface area contributed by atoms with E-state index in [9.17, 15) is 0 Å². The molecule has 0 bridgehead atoms. The largest absolute Gasteiger partial charge is 0.0870 e. The van der Waals surface area contributed by atoms with Gasteiger partial charge in [-0.05, 0) is 49.5 Å². The lowest BCUT2D eigenvalue weighted by molar-refractivity contribution is 1.19. The van der Waals surface area contributed by atoms with Crippen LogP contribution >= 0.6 is 0 Å². The molecule has 0 unspecified atom stereocenters. The Morgan fingerprint density at radius 3 is 2.38 bits per heavy atom. The fraction of sp³-hybridized carbons (Fsp3) is 0.250. The van der Waals surface area contributed by atoms with Crippen molar-refractivity contribution in [1.29, 1.82) is 0 Å². The Kier molecular flexibility index (Phi) is 3.09. The highest BCUT2D eigenvalue weighted by atomic mass is 14.2. The summed E-state index contributed by atoms with van der Waals surface area (Å²) >= 11 is 0. The molecular weight excluding hydrogens is 192 g/mol. The third kappa shape index (κ3) is 1.76. The molecule has 1 aromatic rings. The van der Waals surface area contributed by atoms with Gasteiger partial charge in [0, 0.05) is 0 Å². The van der Waals surface area contributed by atoms with Gasteiger partial charge >= 0.3 is 0 Å². The summed E-state index contributed by atoms with van der Waals surface area (Å²) in [5, 5.41) is 0. The second kappa shape index (κ2) is 4.52. The van der Waals surface area contributed by atoms with Crippen molar-refractivity contribution in [2.75, 3.05) is 0 Å². The van der Waals surface area contributed by atoms with Gasteiger partial charge in [-0.3, -0.25) is 0 Å². The molecule has 2 rings (SSSR count). The van der Waals surface area contributed by atoms with E-state index in [1.165, 1.54) is 27.8 Å². The van der Waals surface area contributed by atoms with Crippen molar-refractivity contribution in [3.05, 3.63) is 59.2 Å². The molecule has 0 saturated heterocycles. The number of allylic oxidation sites excluding steroid dienone is 6. The standard InChI is InChI=1S/C16H18/c1-4-8-14-12(3)11-13(5-2)15-9-6-7-10-16(14)15/h4-10H,11H2,1-3H3. The van der Waals surface area contributed by atoms with Crippen LogP contribution < -0.4 is 0 Å². The normalized spacial score (nSPS) is 18.3. The van der Waals surface area contributed by atoms with Crippen LogP contribution in [0.3, 0.4) is 0 Å². The Bertz CT molecular complexity index is 485. The van der Waals surface area contributed by atoms with Crippen LogP contribution in [0.4, 0.5) is 0 Å². The summed E-state index contributed by atoms with van der Waals surface area (Å²) in [4.78, 5) is 0. The van der Waals surface area contributed by atoms with Crippen molar-refractivity contribution in [3.63, 3.8) is 0 Å². The Balaban J connectivity index is 2.66. The van der Waals surface area contributed by atoms with Gasteiger partial charge in [0.1, 0.15) is 0 Å². The topological polar surface area (TPSA) is 0 Å². The van der Waals surface area contributed by atoms with Gasteiger partial charge in [-0.2, -0.15) is 0 Å². The third-order valence-corrected chi connectivity index (χ3v) is 3.16. The van der Waals surface area contributed by atoms with Gasteiger partial charge in [0.15, 0.2) is 0 Å². The van der Waals surface area contributed by atoms with Crippen molar-refractivity contribution >= 4 is 11.1 Å². The second-order valence-corrected chi connectivity index (χ2v) is 4.23. The average molecular weight is 210 g/mol. The molecule has 0 amide bonds. The van der Waals surface area contributed by atoms with Crippen LogP contribution in [-0.4, -0.2) is 0 Å². The van der Waals surface area contributed by atoms with Gasteiger partial charge in [0.05, 0.1) is 0 Å². The molecule has 0 heteroatoms. The monoisotopic (exact) mass is 210 g/mol. The highest BCUT2D eigenvalue weighted by molar-refractivity contribution is 5.90. The molecule has 0 heterocycles. The zero-order chi connectivity index (χ0) is 11.5. The van der Waals surface area contributed by atoms with E-state index in [-0.39, 0.29) is 0 Å². The first-order valence-corrected chi connectivity index (χ1v) is 5.85. The summed E-state index contributed by atoms with van der Waals surface area (Å²) in [7, 11) is 0. The number of benzene rings is 1. The maximum atomic E-state index is 2.23. The molecule has 16 heavy (non-hydrogen) atoms. The number of hydrogen-bond donors (Lipinski definition) is 0. The minimum absolute atomic E-state index is 1.08. The molecule has 0 spiro atoms. The van der Waals surface area contributed by atoms with Gasteiger partial charge in [-0.1, -0.05) is 48.1 Å². The first kappa shape index (κ1) is 10.9. The van der Waals surface area contributed by atoms with Crippen molar-refractivity contribution < 1.29 is 0 Å². The van der Waals surface area contributed by atoms with Gasteiger partial charge in [-0.15, -0.1) is 0 Å². The van der Waals surface area contributed by atoms with Crippen LogP contribution in [0.5, 0.6) is 0 Å². The van der Waals surface area contributed by atoms with E-state index in [4.69, 9.17) is 0 Å². The summed E-state index contributed by atoms with van der Waals surface area (Å²) in [6.07, 6.45) is 7.65. The van der Waals surface area contributed by atoms with E-state index in [1.54, 1.807) is 0 Å². The van der Waals surface area contributed by atoms with Crippen LogP contribution in [-0.2, 0) is 0 Å². The zero-order valence-corrected chi connectivity index (χ0v) is 10.2. The Hall–Kier alpha value is -1.56. The van der Waals surface area contributed by atoms with Gasteiger partial charge < -0.3 is 0 Å². The fourth-order valence-corrected chi connectivity index (χ4v) is 2.36. The van der Waals surface area contributed by atoms with E-state index in [2.05, 4.69) is 63.3 Å². The van der Waals surface area contributed by atoms with Gasteiger partial charge in [0.2, 0.25) is 0 Å². The number of hydrogen-bond acceptors (Lipinski definition) is 0. The molecule has 0 aromatic heterocycles. The number of fused-ring (bicyclic) bond motifs is 1. The summed E-state index contributed by atoms with van der Waals surface area (Å²) in [5.74, 6) is 0. The molecule has 1 aliphatic carbocycles. The molecule has 0 atom stereocenters. The average Bonchev–Trinajstić information content (AvgIpc) is 2.32. The summed E-state index contributed by atoms with van der Waals surface area (Å²) < 4.78 is 0. The molecule has 1 aromatic carbocycles. The highest BCUT2D eigenvalue weighted by Gasteiger charge is 2.17. The Morgan fingerprint density at radius 1 is 1.06 bits per heavy atom. The predicted octanol–water partition coefficient (Wildman–Crippen LogP) is 4.84. The third-order valence-electron chi connectivity index (χ3n) is 3.16. The van der Waals surface area contributed by atoms with Crippen molar-refractivity contribution in [2.45, 2.75) is 27.2 Å². The maximum absolute atomic E-state index is 2.23. The van der Waals surface area contributed by atoms with Crippen molar-refractivity contribution in [1.82, 2.24) is 0 Å². The molecule has 1 aliphatic rings. The van der Waals surface area contributed by atoms with E-state index in [0.717, 1.165) is 6.42 Å². The first-order chi connectivity index (χ1) is 7.77. The van der Waals surface area contributed by atoms with Crippen LogP contribution in [0.2, 0.25) is 0 Å². The molecule has 0 nitrogen and oxygen atoms in total. The minimum atomic E-state index is 1.08. The van der Waals surface area contributed by atoms with Crippen LogP contribution in [0, 0.1) is 0 Å². The smallest absolute Gasteiger partial charge is 0.00578 e. The molecular formula is C16H18. The van der Waals surface area contributed by atoms with E-state index < -0.39 is 0 Å². The lowest BCUT2D eigenvalue weighted by atomic mass is 9.82.